The maximum Gasteiger partial charge on any atom is 0.203 e. The molecule has 0 amide bonds. The Morgan fingerprint density at radius 1 is 0.846 bits per heavy atom. The lowest BCUT2D eigenvalue weighted by Gasteiger charge is -2.27. The van der Waals surface area contributed by atoms with Crippen LogP contribution in [0.1, 0.15) is 0 Å². The first-order valence-corrected chi connectivity index (χ1v) is 8.26. The highest BCUT2D eigenvalue weighted by atomic mass is 16.5. The molecule has 0 aromatic heterocycles. The van der Waals surface area contributed by atoms with Gasteiger partial charge in [-0.2, -0.15) is 0 Å². The number of nitrogens with two attached hydrogens (primary N) is 1. The van der Waals surface area contributed by atoms with Crippen LogP contribution >= 0.6 is 0 Å². The number of aliphatic hydroxyl groups excluding tert-OH is 2. The van der Waals surface area contributed by atoms with E-state index in [4.69, 9.17) is 19.9 Å². The molecule has 0 saturated carbocycles. The van der Waals surface area contributed by atoms with E-state index in [0.717, 1.165) is 16.8 Å². The molecule has 26 heavy (non-hydrogen) atoms. The van der Waals surface area contributed by atoms with E-state index in [1.165, 1.54) is 0 Å². The van der Waals surface area contributed by atoms with Crippen LogP contribution in [-0.4, -0.2) is 57.8 Å². The second kappa shape index (κ2) is 9.17. The Balaban J connectivity index is 2.69. The third kappa shape index (κ3) is 3.95. The highest BCUT2D eigenvalue weighted by molar-refractivity contribution is 5.87. The molecule has 2 aromatic rings. The maximum atomic E-state index is 9.38. The number of anilines is 2. The molecule has 0 unspecified atom stereocenters. The van der Waals surface area contributed by atoms with Crippen molar-refractivity contribution in [2.45, 2.75) is 0 Å². The van der Waals surface area contributed by atoms with Crippen LogP contribution in [0.4, 0.5) is 11.4 Å². The van der Waals surface area contributed by atoms with Crippen molar-refractivity contribution in [1.29, 1.82) is 0 Å². The Morgan fingerprint density at radius 3 is 2.04 bits per heavy atom. The number of benzene rings is 2. The van der Waals surface area contributed by atoms with E-state index < -0.39 is 0 Å². The third-order valence-electron chi connectivity index (χ3n) is 4.10. The summed E-state index contributed by atoms with van der Waals surface area (Å²) in [6.07, 6.45) is 0. The van der Waals surface area contributed by atoms with Gasteiger partial charge in [0.1, 0.15) is 0 Å². The van der Waals surface area contributed by atoms with Crippen molar-refractivity contribution in [1.82, 2.24) is 0 Å². The quantitative estimate of drug-likeness (QED) is 0.585. The average Bonchev–Trinajstić information content (AvgIpc) is 2.66. The predicted molar refractivity (Wildman–Crippen MR) is 102 cm³/mol. The number of nitrogens with zero attached hydrogens (tertiary/aromatic N) is 1. The minimum Gasteiger partial charge on any atom is -0.493 e. The molecule has 0 saturated heterocycles. The molecule has 0 atom stereocenters. The van der Waals surface area contributed by atoms with Gasteiger partial charge in [0.15, 0.2) is 11.5 Å². The molecular formula is C19H26N2O5. The molecule has 4 N–H and O–H groups in total. The highest BCUT2D eigenvalue weighted by Crippen LogP contribution is 2.46. The molecular weight excluding hydrogens is 336 g/mol. The molecule has 7 heteroatoms. The van der Waals surface area contributed by atoms with Gasteiger partial charge < -0.3 is 35.1 Å². The van der Waals surface area contributed by atoms with Crippen LogP contribution in [0.25, 0.3) is 11.1 Å². The van der Waals surface area contributed by atoms with Gasteiger partial charge in [-0.25, -0.2) is 0 Å². The second-order valence-electron chi connectivity index (χ2n) is 5.59. The molecule has 0 fully saturated rings. The van der Waals surface area contributed by atoms with Crippen molar-refractivity contribution >= 4 is 11.4 Å². The summed E-state index contributed by atoms with van der Waals surface area (Å²) in [5.41, 5.74) is 9.02. The number of nitrogen functional groups attached to an aromatic ring is 1. The van der Waals surface area contributed by atoms with Crippen LogP contribution in [0.2, 0.25) is 0 Å². The van der Waals surface area contributed by atoms with E-state index in [-0.39, 0.29) is 13.2 Å². The lowest BCUT2D eigenvalue weighted by Crippen LogP contribution is -2.30. The minimum absolute atomic E-state index is 0.0348. The summed E-state index contributed by atoms with van der Waals surface area (Å²) >= 11 is 0. The van der Waals surface area contributed by atoms with Crippen molar-refractivity contribution in [2.24, 2.45) is 0 Å². The molecule has 0 spiro atoms. The fraction of sp³-hybridized carbons (Fsp3) is 0.368. The Kier molecular flexibility index (Phi) is 6.94. The molecule has 0 radical (unpaired) electrons. The average molecular weight is 362 g/mol. The minimum atomic E-state index is -0.0348. The topological polar surface area (TPSA) is 97.4 Å². The Labute approximate surface area is 153 Å². The third-order valence-corrected chi connectivity index (χ3v) is 4.10. The SMILES string of the molecule is COc1ccc(-c2cc(N)ccc2N(CCO)CCO)c(OC)c1OC. The molecule has 142 valence electrons. The summed E-state index contributed by atoms with van der Waals surface area (Å²) < 4.78 is 16.4. The molecule has 2 aromatic carbocycles. The monoisotopic (exact) mass is 362 g/mol. The van der Waals surface area contributed by atoms with E-state index in [0.29, 0.717) is 36.0 Å². The van der Waals surface area contributed by atoms with Crippen LogP contribution in [0, 0.1) is 0 Å². The number of ether oxygens (including phenoxy) is 3. The van der Waals surface area contributed by atoms with E-state index in [1.54, 1.807) is 33.5 Å². The zero-order chi connectivity index (χ0) is 19.1. The number of rotatable bonds is 9. The first-order valence-electron chi connectivity index (χ1n) is 8.26. The standard InChI is InChI=1S/C19H26N2O5/c1-24-17-7-5-14(18(25-2)19(17)26-3)15-12-13(20)4-6-16(15)21(8-10-22)9-11-23/h4-7,12,22-23H,8-11,20H2,1-3H3. The summed E-state index contributed by atoms with van der Waals surface area (Å²) in [4.78, 5) is 1.89. The molecule has 0 heterocycles. The van der Waals surface area contributed by atoms with E-state index in [9.17, 15) is 10.2 Å². The predicted octanol–water partition coefficient (Wildman–Crippen LogP) is 1.75. The van der Waals surface area contributed by atoms with Gasteiger partial charge in [-0.1, -0.05) is 0 Å². The smallest absolute Gasteiger partial charge is 0.203 e. The van der Waals surface area contributed by atoms with Gasteiger partial charge >= 0.3 is 0 Å². The molecule has 0 aliphatic carbocycles. The van der Waals surface area contributed by atoms with Gasteiger partial charge in [0, 0.05) is 35.6 Å². The van der Waals surface area contributed by atoms with Crippen molar-refractivity contribution in [3.8, 4) is 28.4 Å². The van der Waals surface area contributed by atoms with Crippen LogP contribution in [0.5, 0.6) is 17.2 Å². The normalized spacial score (nSPS) is 10.5. The van der Waals surface area contributed by atoms with Crippen LogP contribution in [0.3, 0.4) is 0 Å². The summed E-state index contributed by atoms with van der Waals surface area (Å²) in [6, 6.07) is 9.15. The molecule has 7 nitrogen and oxygen atoms in total. The number of aliphatic hydroxyl groups is 2. The summed E-state index contributed by atoms with van der Waals surface area (Å²) in [5.74, 6) is 1.56. The molecule has 0 aliphatic rings. The second-order valence-corrected chi connectivity index (χ2v) is 5.59. The largest absolute Gasteiger partial charge is 0.493 e. The molecule has 0 aliphatic heterocycles. The lowest BCUT2D eigenvalue weighted by atomic mass is 10.00. The molecule has 0 bridgehead atoms. The van der Waals surface area contributed by atoms with E-state index >= 15 is 0 Å². The van der Waals surface area contributed by atoms with Crippen molar-refractivity contribution in [2.75, 3.05) is 58.3 Å². The van der Waals surface area contributed by atoms with Crippen molar-refractivity contribution in [3.05, 3.63) is 30.3 Å². The number of hydrogen-bond donors (Lipinski definition) is 3. The Bertz CT molecular complexity index is 730. The Hall–Kier alpha value is -2.64. The van der Waals surface area contributed by atoms with Crippen LogP contribution in [-0.2, 0) is 0 Å². The summed E-state index contributed by atoms with van der Waals surface area (Å²) in [5, 5.41) is 18.8. The van der Waals surface area contributed by atoms with Gasteiger partial charge in [0.2, 0.25) is 5.75 Å². The van der Waals surface area contributed by atoms with Gasteiger partial charge in [-0.15, -0.1) is 0 Å². The molecule has 2 rings (SSSR count). The first-order chi connectivity index (χ1) is 12.6. The summed E-state index contributed by atoms with van der Waals surface area (Å²) in [6.45, 7) is 0.694. The van der Waals surface area contributed by atoms with Gasteiger partial charge in [0.05, 0.1) is 34.5 Å². The van der Waals surface area contributed by atoms with Crippen LogP contribution in [0.15, 0.2) is 30.3 Å². The zero-order valence-corrected chi connectivity index (χ0v) is 15.4. The maximum absolute atomic E-state index is 9.38. The van der Waals surface area contributed by atoms with Gasteiger partial charge in [-0.3, -0.25) is 0 Å². The Morgan fingerprint density at radius 2 is 1.50 bits per heavy atom. The highest BCUT2D eigenvalue weighted by Gasteiger charge is 2.21. The van der Waals surface area contributed by atoms with Crippen molar-refractivity contribution < 1.29 is 24.4 Å². The van der Waals surface area contributed by atoms with Crippen LogP contribution < -0.4 is 24.8 Å². The van der Waals surface area contributed by atoms with E-state index in [2.05, 4.69) is 0 Å². The lowest BCUT2D eigenvalue weighted by molar-refractivity contribution is 0.281. The zero-order valence-electron chi connectivity index (χ0n) is 15.4. The number of hydrogen-bond acceptors (Lipinski definition) is 7. The fourth-order valence-corrected chi connectivity index (χ4v) is 2.95. The van der Waals surface area contributed by atoms with Crippen molar-refractivity contribution in [3.63, 3.8) is 0 Å². The number of methoxy groups -OCH3 is 3. The first kappa shape index (κ1) is 19.7. The summed E-state index contributed by atoms with van der Waals surface area (Å²) in [7, 11) is 4.67. The van der Waals surface area contributed by atoms with E-state index in [1.807, 2.05) is 23.1 Å². The van der Waals surface area contributed by atoms with Gasteiger partial charge in [0.25, 0.3) is 0 Å². The van der Waals surface area contributed by atoms with Gasteiger partial charge in [-0.05, 0) is 30.3 Å². The fourth-order valence-electron chi connectivity index (χ4n) is 2.95.